The zero-order valence-electron chi connectivity index (χ0n) is 21.7. The minimum absolute atomic E-state index is 0.0496. The van der Waals surface area contributed by atoms with Gasteiger partial charge in [0.2, 0.25) is 6.79 Å². The fourth-order valence-electron chi connectivity index (χ4n) is 3.57. The predicted octanol–water partition coefficient (Wildman–Crippen LogP) is 1.52. The number of nitrogens with two attached hydrogens (primary N) is 1. The number of nitrogens with one attached hydrogen (secondary N) is 1. The second-order valence-corrected chi connectivity index (χ2v) is 12.5. The van der Waals surface area contributed by atoms with Gasteiger partial charge in [0.25, 0.3) is 11.8 Å². The maximum atomic E-state index is 13.2. The maximum absolute atomic E-state index is 13.2. The highest BCUT2D eigenvalue weighted by molar-refractivity contribution is 8.00. The number of fused-ring (bicyclic) bond motifs is 1. The van der Waals surface area contributed by atoms with Crippen molar-refractivity contribution in [2.45, 2.75) is 39.1 Å². The number of hydrogen-bond acceptors (Lipinski definition) is 15. The van der Waals surface area contributed by atoms with Gasteiger partial charge in [-0.1, -0.05) is 15.7 Å². The summed E-state index contributed by atoms with van der Waals surface area (Å²) in [4.78, 5) is 57.3. The fourth-order valence-corrected chi connectivity index (χ4v) is 5.89. The van der Waals surface area contributed by atoms with Gasteiger partial charge in [-0.15, -0.1) is 28.2 Å². The Morgan fingerprint density at radius 1 is 1.30 bits per heavy atom. The highest BCUT2D eigenvalue weighted by Gasteiger charge is 2.54. The average Bonchev–Trinajstić information content (AvgIpc) is 3.52. The van der Waals surface area contributed by atoms with E-state index >= 15 is 0 Å². The quantitative estimate of drug-likeness (QED) is 0.0977. The fraction of sp³-hybridized carbons (Fsp3) is 0.391. The Bertz CT molecular complexity index is 1440. The number of thioether (sulfide) groups is 1. The molecule has 0 bridgehead atoms. The van der Waals surface area contributed by atoms with E-state index in [1.807, 2.05) is 6.92 Å². The number of carbonyl (C=O) groups is 4. The molecule has 2 atom stereocenters. The molecule has 2 aromatic heterocycles. The Morgan fingerprint density at radius 3 is 2.65 bits per heavy atom. The Hall–Kier alpha value is -3.83. The molecule has 0 aliphatic carbocycles. The van der Waals surface area contributed by atoms with E-state index < -0.39 is 53.1 Å². The van der Waals surface area contributed by atoms with E-state index in [-0.39, 0.29) is 22.3 Å². The molecule has 40 heavy (non-hydrogen) atoms. The van der Waals surface area contributed by atoms with Crippen LogP contribution in [0, 0.1) is 12.3 Å². The van der Waals surface area contributed by atoms with Crippen LogP contribution in [0.3, 0.4) is 0 Å². The molecule has 0 aromatic carbocycles. The number of amides is 2. The van der Waals surface area contributed by atoms with Crippen molar-refractivity contribution in [1.29, 1.82) is 0 Å². The largest absolute Gasteiger partial charge is 0.427 e. The molecular formula is C23H25N7O7S3. The van der Waals surface area contributed by atoms with Gasteiger partial charge in [0.05, 0.1) is 5.41 Å². The first-order valence-corrected chi connectivity index (χ1v) is 14.4. The highest BCUT2D eigenvalue weighted by Crippen LogP contribution is 2.41. The number of aromatic nitrogens is 3. The second kappa shape index (κ2) is 11.7. The minimum Gasteiger partial charge on any atom is -0.427 e. The van der Waals surface area contributed by atoms with Gasteiger partial charge in [-0.25, -0.2) is 9.78 Å². The lowest BCUT2D eigenvalue weighted by Gasteiger charge is -2.49. The van der Waals surface area contributed by atoms with E-state index in [9.17, 15) is 24.4 Å². The number of allylic oxidation sites excluding steroid dienone is 1. The SMILES string of the molecule is Cc1snnc1/C=C\C1=C(C(=O)OCOC(=O)C(C)(C)C)N2C(=O)C(NC(=O)/C(=N\O)c3csc(N)n3)C2SC1. The van der Waals surface area contributed by atoms with Crippen LogP contribution in [0.5, 0.6) is 0 Å². The van der Waals surface area contributed by atoms with Crippen molar-refractivity contribution in [1.82, 2.24) is 24.8 Å². The molecule has 1 fully saturated rings. The third kappa shape index (κ3) is 6.00. The van der Waals surface area contributed by atoms with Crippen molar-refractivity contribution in [3.8, 4) is 0 Å². The Balaban J connectivity index is 1.54. The topological polar surface area (TPSA) is 199 Å². The van der Waals surface area contributed by atoms with E-state index in [2.05, 4.69) is 25.0 Å². The molecule has 17 heteroatoms. The molecule has 4 N–H and O–H groups in total. The maximum Gasteiger partial charge on any atom is 0.358 e. The van der Waals surface area contributed by atoms with Crippen LogP contribution < -0.4 is 11.1 Å². The number of nitrogens with zero attached hydrogens (tertiary/aromatic N) is 5. The van der Waals surface area contributed by atoms with Crippen molar-refractivity contribution >= 4 is 75.3 Å². The number of anilines is 1. The molecule has 2 amide bonds. The third-order valence-corrected chi connectivity index (χ3v) is 8.30. The molecule has 2 aliphatic rings. The molecular weight excluding hydrogens is 582 g/mol. The van der Waals surface area contributed by atoms with Crippen LogP contribution in [0.1, 0.15) is 37.0 Å². The lowest BCUT2D eigenvalue weighted by molar-refractivity contribution is -0.173. The number of carbonyl (C=O) groups excluding carboxylic acids is 4. The van der Waals surface area contributed by atoms with Crippen molar-refractivity contribution in [3.63, 3.8) is 0 Å². The molecule has 14 nitrogen and oxygen atoms in total. The smallest absolute Gasteiger partial charge is 0.358 e. The van der Waals surface area contributed by atoms with Gasteiger partial charge < -0.3 is 25.7 Å². The van der Waals surface area contributed by atoms with Gasteiger partial charge >= 0.3 is 11.9 Å². The van der Waals surface area contributed by atoms with Gasteiger partial charge in [0.15, 0.2) is 10.8 Å². The van der Waals surface area contributed by atoms with E-state index in [0.717, 1.165) is 16.2 Å². The molecule has 0 spiro atoms. The Morgan fingerprint density at radius 2 is 2.05 bits per heavy atom. The van der Waals surface area contributed by atoms with Crippen molar-refractivity contribution in [2.24, 2.45) is 10.6 Å². The summed E-state index contributed by atoms with van der Waals surface area (Å²) in [5, 5.41) is 19.9. The second-order valence-electron chi connectivity index (χ2n) is 9.53. The first-order chi connectivity index (χ1) is 18.9. The Labute approximate surface area is 240 Å². The Kier molecular flexibility index (Phi) is 8.55. The number of β-lactam (4-membered cyclic amide) rings is 1. The standard InChI is InChI=1S/C23H25N7O7S3/c1-10-12(27-29-40-10)6-5-11-7-38-19-15(26-17(31)14(28-35)13-8-39-22(24)25-13)18(32)30(19)16(11)20(33)36-9-37-21(34)23(2,3)4/h5-6,8,15,19,35H,7,9H2,1-4H3,(H2,24,25)(H,26,31)/b6-5-,28-14-. The predicted molar refractivity (Wildman–Crippen MR) is 147 cm³/mol. The van der Waals surface area contributed by atoms with Gasteiger partial charge in [0, 0.05) is 16.0 Å². The summed E-state index contributed by atoms with van der Waals surface area (Å²) in [6, 6.07) is -1.03. The lowest BCUT2D eigenvalue weighted by atomic mass is 9.98. The van der Waals surface area contributed by atoms with Gasteiger partial charge in [0.1, 0.15) is 28.5 Å². The molecule has 0 saturated carbocycles. The summed E-state index contributed by atoms with van der Waals surface area (Å²) in [6.07, 6.45) is 3.32. The minimum atomic E-state index is -1.03. The van der Waals surface area contributed by atoms with Crippen LogP contribution in [0.25, 0.3) is 6.08 Å². The third-order valence-electron chi connectivity index (χ3n) is 5.68. The van der Waals surface area contributed by atoms with Crippen LogP contribution in [0.2, 0.25) is 0 Å². The van der Waals surface area contributed by atoms with Crippen LogP contribution in [-0.4, -0.2) is 78.1 Å². The van der Waals surface area contributed by atoms with E-state index in [1.54, 1.807) is 32.9 Å². The van der Waals surface area contributed by atoms with E-state index in [0.29, 0.717) is 11.3 Å². The van der Waals surface area contributed by atoms with Crippen LogP contribution in [0.4, 0.5) is 5.13 Å². The molecule has 1 saturated heterocycles. The van der Waals surface area contributed by atoms with E-state index in [1.165, 1.54) is 33.6 Å². The number of aryl methyl sites for hydroxylation is 1. The lowest BCUT2D eigenvalue weighted by Crippen LogP contribution is -2.71. The molecule has 212 valence electrons. The van der Waals surface area contributed by atoms with Crippen LogP contribution in [-0.2, 0) is 28.7 Å². The van der Waals surface area contributed by atoms with Gasteiger partial charge in [-0.3, -0.25) is 19.3 Å². The molecule has 2 aliphatic heterocycles. The van der Waals surface area contributed by atoms with Crippen molar-refractivity contribution < 1.29 is 33.9 Å². The number of ether oxygens (including phenoxy) is 2. The van der Waals surface area contributed by atoms with Crippen LogP contribution in [0.15, 0.2) is 27.9 Å². The summed E-state index contributed by atoms with van der Waals surface area (Å²) < 4.78 is 14.1. The number of thiazole rings is 1. The van der Waals surface area contributed by atoms with Gasteiger partial charge in [-0.2, -0.15) is 0 Å². The normalized spacial score (nSPS) is 19.4. The summed E-state index contributed by atoms with van der Waals surface area (Å²) >= 11 is 3.58. The summed E-state index contributed by atoms with van der Waals surface area (Å²) in [6.45, 7) is 6.18. The molecule has 2 unspecified atom stereocenters. The average molecular weight is 608 g/mol. The number of oxime groups is 1. The van der Waals surface area contributed by atoms with Crippen LogP contribution >= 0.6 is 34.6 Å². The monoisotopic (exact) mass is 607 g/mol. The van der Waals surface area contributed by atoms with Crippen molar-refractivity contribution in [2.75, 3.05) is 18.3 Å². The summed E-state index contributed by atoms with van der Waals surface area (Å²) in [5.74, 6) is -2.59. The first kappa shape index (κ1) is 29.2. The molecule has 4 heterocycles. The highest BCUT2D eigenvalue weighted by atomic mass is 32.2. The van der Waals surface area contributed by atoms with Crippen molar-refractivity contribution in [3.05, 3.63) is 39.0 Å². The number of hydrogen-bond donors (Lipinski definition) is 3. The van der Waals surface area contributed by atoms with Gasteiger partial charge in [-0.05, 0) is 50.9 Å². The van der Waals surface area contributed by atoms with E-state index in [4.69, 9.17) is 15.2 Å². The number of nitrogen functional groups attached to an aromatic ring is 1. The number of rotatable bonds is 8. The molecule has 0 radical (unpaired) electrons. The number of esters is 2. The first-order valence-electron chi connectivity index (χ1n) is 11.7. The zero-order valence-corrected chi connectivity index (χ0v) is 24.2. The zero-order chi connectivity index (χ0) is 29.2. The molecule has 2 aromatic rings. The molecule has 4 rings (SSSR count). The summed E-state index contributed by atoms with van der Waals surface area (Å²) in [7, 11) is 0. The summed E-state index contributed by atoms with van der Waals surface area (Å²) in [5.41, 5.74) is 5.46.